The maximum absolute atomic E-state index is 12.9. The third-order valence-corrected chi connectivity index (χ3v) is 6.81. The summed E-state index contributed by atoms with van der Waals surface area (Å²) in [5, 5.41) is 16.0. The molecule has 2 aliphatic heterocycles. The lowest BCUT2D eigenvalue weighted by atomic mass is 10.0. The zero-order chi connectivity index (χ0) is 26.9. The largest absolute Gasteiger partial charge is 0.497 e. The minimum atomic E-state index is -0.921. The van der Waals surface area contributed by atoms with Gasteiger partial charge in [0.2, 0.25) is 0 Å². The lowest BCUT2D eigenvalue weighted by Gasteiger charge is -2.30. The highest BCUT2D eigenvalue weighted by molar-refractivity contribution is 5.68. The Labute approximate surface area is 224 Å². The molecule has 2 fully saturated rings. The summed E-state index contributed by atoms with van der Waals surface area (Å²) in [5.74, 6) is 1.13. The number of benzene rings is 2. The van der Waals surface area contributed by atoms with Gasteiger partial charge in [-0.25, -0.2) is 4.79 Å². The molecule has 0 aliphatic carbocycles. The minimum absolute atomic E-state index is 0.0441. The molecule has 2 N–H and O–H groups in total. The van der Waals surface area contributed by atoms with Crippen molar-refractivity contribution in [2.45, 2.75) is 57.8 Å². The Balaban J connectivity index is 1.43. The minimum Gasteiger partial charge on any atom is -0.497 e. The number of hydroxylamine groups is 2. The Morgan fingerprint density at radius 2 is 1.87 bits per heavy atom. The van der Waals surface area contributed by atoms with Crippen molar-refractivity contribution < 1.29 is 33.7 Å². The van der Waals surface area contributed by atoms with Crippen LogP contribution in [0.2, 0.25) is 0 Å². The van der Waals surface area contributed by atoms with Crippen LogP contribution in [0.4, 0.5) is 4.79 Å². The van der Waals surface area contributed by atoms with E-state index in [2.05, 4.69) is 19.2 Å². The molecule has 2 aromatic carbocycles. The van der Waals surface area contributed by atoms with Crippen molar-refractivity contribution in [1.82, 2.24) is 10.4 Å². The third kappa shape index (κ3) is 8.15. The molecule has 1 amide bonds. The maximum Gasteiger partial charge on any atom is 0.407 e. The van der Waals surface area contributed by atoms with Gasteiger partial charge >= 0.3 is 6.09 Å². The summed E-state index contributed by atoms with van der Waals surface area (Å²) in [6.07, 6.45) is -0.923. The van der Waals surface area contributed by atoms with E-state index in [9.17, 15) is 9.90 Å². The zero-order valence-corrected chi connectivity index (χ0v) is 22.5. The molecule has 5 atom stereocenters. The van der Waals surface area contributed by atoms with Crippen LogP contribution in [0.15, 0.2) is 54.6 Å². The lowest BCUT2D eigenvalue weighted by molar-refractivity contribution is -0.189. The Morgan fingerprint density at radius 3 is 2.58 bits per heavy atom. The van der Waals surface area contributed by atoms with Gasteiger partial charge < -0.3 is 29.4 Å². The van der Waals surface area contributed by atoms with Crippen LogP contribution < -0.4 is 10.1 Å². The Kier molecular flexibility index (Phi) is 10.4. The monoisotopic (exact) mass is 528 g/mol. The van der Waals surface area contributed by atoms with Crippen molar-refractivity contribution in [3.8, 4) is 5.75 Å². The van der Waals surface area contributed by atoms with Gasteiger partial charge in [0.05, 0.1) is 51.5 Å². The Bertz CT molecular complexity index is 988. The van der Waals surface area contributed by atoms with Gasteiger partial charge in [0, 0.05) is 6.54 Å². The summed E-state index contributed by atoms with van der Waals surface area (Å²) in [5.41, 5.74) is 2.01. The van der Waals surface area contributed by atoms with E-state index in [1.807, 2.05) is 54.6 Å². The first kappa shape index (κ1) is 28.3. The molecule has 9 nitrogen and oxygen atoms in total. The number of carbonyl (C=O) groups excluding carboxylic acids is 1. The first-order valence-electron chi connectivity index (χ1n) is 13.3. The first-order valence-corrected chi connectivity index (χ1v) is 13.3. The number of methoxy groups -OCH3 is 1. The van der Waals surface area contributed by atoms with Gasteiger partial charge in [0.1, 0.15) is 11.9 Å². The predicted octanol–water partition coefficient (Wildman–Crippen LogP) is 3.54. The van der Waals surface area contributed by atoms with E-state index in [0.717, 1.165) is 23.3 Å². The van der Waals surface area contributed by atoms with Crippen molar-refractivity contribution in [2.24, 2.45) is 11.8 Å². The van der Waals surface area contributed by atoms with E-state index in [1.54, 1.807) is 12.2 Å². The van der Waals surface area contributed by atoms with E-state index in [0.29, 0.717) is 38.7 Å². The van der Waals surface area contributed by atoms with E-state index < -0.39 is 18.2 Å². The second kappa shape index (κ2) is 13.9. The summed E-state index contributed by atoms with van der Waals surface area (Å²) in [6.45, 7) is 6.24. The second-order valence-electron chi connectivity index (χ2n) is 10.3. The molecule has 208 valence electrons. The van der Waals surface area contributed by atoms with Gasteiger partial charge in [-0.1, -0.05) is 56.3 Å². The van der Waals surface area contributed by atoms with Gasteiger partial charge in [-0.05, 0) is 42.0 Å². The number of alkyl carbamates (subject to hydrolysis) is 1. The smallest absolute Gasteiger partial charge is 0.407 e. The fourth-order valence-electron chi connectivity index (χ4n) is 4.71. The third-order valence-electron chi connectivity index (χ3n) is 6.81. The van der Waals surface area contributed by atoms with Crippen molar-refractivity contribution >= 4 is 6.09 Å². The number of aliphatic hydroxyl groups is 1. The van der Waals surface area contributed by atoms with E-state index in [4.69, 9.17) is 23.8 Å². The summed E-state index contributed by atoms with van der Waals surface area (Å²) < 4.78 is 22.1. The fourth-order valence-corrected chi connectivity index (χ4v) is 4.71. The molecule has 2 aliphatic rings. The quantitative estimate of drug-likeness (QED) is 0.381. The zero-order valence-electron chi connectivity index (χ0n) is 22.5. The second-order valence-corrected chi connectivity index (χ2v) is 10.3. The molecule has 38 heavy (non-hydrogen) atoms. The molecular formula is C29H40N2O7. The van der Waals surface area contributed by atoms with Crippen LogP contribution in [0.3, 0.4) is 0 Å². The van der Waals surface area contributed by atoms with Gasteiger partial charge in [-0.2, -0.15) is 5.06 Å². The Morgan fingerprint density at radius 1 is 1.11 bits per heavy atom. The predicted molar refractivity (Wildman–Crippen MR) is 141 cm³/mol. The molecule has 2 aromatic rings. The number of nitrogens with zero attached hydrogens (tertiary/aromatic N) is 1. The van der Waals surface area contributed by atoms with Crippen molar-refractivity contribution in [2.75, 3.05) is 33.5 Å². The number of rotatable bonds is 13. The number of fused-ring (bicyclic) bond motifs is 1. The summed E-state index contributed by atoms with van der Waals surface area (Å²) in [6, 6.07) is 16.9. The maximum atomic E-state index is 12.9. The average Bonchev–Trinajstić information content (AvgIpc) is 3.53. The first-order chi connectivity index (χ1) is 18.4. The highest BCUT2D eigenvalue weighted by Gasteiger charge is 2.44. The van der Waals surface area contributed by atoms with E-state index >= 15 is 0 Å². The fraction of sp³-hybridized carbons (Fsp3) is 0.552. The van der Waals surface area contributed by atoms with Crippen LogP contribution in [-0.4, -0.2) is 74.3 Å². The Hall–Kier alpha value is -2.69. The van der Waals surface area contributed by atoms with Crippen LogP contribution in [0.25, 0.3) is 0 Å². The number of carbonyl (C=O) groups is 1. The number of amides is 1. The molecule has 4 rings (SSSR count). The number of hydrogen-bond donors (Lipinski definition) is 2. The van der Waals surface area contributed by atoms with Crippen LogP contribution >= 0.6 is 0 Å². The molecular weight excluding hydrogens is 488 g/mol. The summed E-state index contributed by atoms with van der Waals surface area (Å²) in [7, 11) is 1.63. The number of ether oxygens (including phenoxy) is 4. The van der Waals surface area contributed by atoms with E-state index in [1.165, 1.54) is 0 Å². The number of hydrogen-bond acceptors (Lipinski definition) is 8. The SMILES string of the molecule is COc1ccc(CN(CC(O)C(Cc2ccccc2)NC(=O)OC2COC3OCCC23)OCC(C)C)cc1. The molecule has 0 aromatic heterocycles. The van der Waals surface area contributed by atoms with Crippen LogP contribution in [0.5, 0.6) is 5.75 Å². The summed E-state index contributed by atoms with van der Waals surface area (Å²) >= 11 is 0. The van der Waals surface area contributed by atoms with Crippen molar-refractivity contribution in [3.63, 3.8) is 0 Å². The lowest BCUT2D eigenvalue weighted by Crippen LogP contribution is -2.50. The number of aliphatic hydroxyl groups excluding tert-OH is 1. The average molecular weight is 529 g/mol. The van der Waals surface area contributed by atoms with Gasteiger partial charge in [-0.3, -0.25) is 4.84 Å². The van der Waals surface area contributed by atoms with Gasteiger partial charge in [0.25, 0.3) is 0 Å². The molecule has 2 saturated heterocycles. The molecule has 0 saturated carbocycles. The van der Waals surface area contributed by atoms with Crippen molar-refractivity contribution in [3.05, 3.63) is 65.7 Å². The van der Waals surface area contributed by atoms with Gasteiger partial charge in [0.15, 0.2) is 6.29 Å². The standard InChI is InChI=1S/C29H40N2O7/c1-20(2)18-37-31(16-22-9-11-23(34-3)12-10-22)17-26(32)25(15-21-7-5-4-6-8-21)30-29(33)38-27-19-36-28-24(27)13-14-35-28/h4-12,20,24-28,32H,13-19H2,1-3H3,(H,30,33). The van der Waals surface area contributed by atoms with E-state index in [-0.39, 0.29) is 24.9 Å². The molecule has 9 heteroatoms. The van der Waals surface area contributed by atoms with Crippen LogP contribution in [-0.2, 0) is 32.0 Å². The molecule has 2 heterocycles. The van der Waals surface area contributed by atoms with Crippen LogP contribution in [0.1, 0.15) is 31.4 Å². The van der Waals surface area contributed by atoms with Crippen LogP contribution in [0, 0.1) is 11.8 Å². The molecule has 0 radical (unpaired) electrons. The number of nitrogens with one attached hydrogen (secondary N) is 1. The molecule has 0 bridgehead atoms. The highest BCUT2D eigenvalue weighted by Crippen LogP contribution is 2.33. The normalized spacial score (nSPS) is 22.3. The van der Waals surface area contributed by atoms with Crippen molar-refractivity contribution in [1.29, 1.82) is 0 Å². The molecule has 0 spiro atoms. The van der Waals surface area contributed by atoms with Gasteiger partial charge in [-0.15, -0.1) is 0 Å². The topological polar surface area (TPSA) is 98.7 Å². The molecule has 5 unspecified atom stereocenters. The highest BCUT2D eigenvalue weighted by atomic mass is 16.7. The summed E-state index contributed by atoms with van der Waals surface area (Å²) in [4.78, 5) is 19.0.